The maximum atomic E-state index is 12.4. The maximum Gasteiger partial charge on any atom is 0.268 e. The van der Waals surface area contributed by atoms with Gasteiger partial charge in [0.2, 0.25) is 5.03 Å². The predicted octanol–water partition coefficient (Wildman–Crippen LogP) is 1.13. The largest absolute Gasteiger partial charge is 0.504 e. The molecule has 0 aliphatic rings. The summed E-state index contributed by atoms with van der Waals surface area (Å²) in [4.78, 5) is 3.25. The molecule has 1 heterocycles. The van der Waals surface area contributed by atoms with Crippen molar-refractivity contribution in [2.24, 2.45) is 5.14 Å². The standard InChI is InChI=1S/C6H5BrF2N2O3S/c7-2-1-11-6(15(10,13)14)4(12)3(2)5(8)9/h1,5,12H,(H2,10,13,14). The van der Waals surface area contributed by atoms with Gasteiger partial charge < -0.3 is 5.11 Å². The fraction of sp³-hybridized carbons (Fsp3) is 0.167. The van der Waals surface area contributed by atoms with E-state index in [0.29, 0.717) is 0 Å². The molecule has 15 heavy (non-hydrogen) atoms. The van der Waals surface area contributed by atoms with Gasteiger partial charge in [-0.3, -0.25) is 0 Å². The molecule has 1 aromatic heterocycles. The van der Waals surface area contributed by atoms with Gasteiger partial charge in [-0.25, -0.2) is 27.3 Å². The van der Waals surface area contributed by atoms with Crippen molar-refractivity contribution < 1.29 is 22.3 Å². The minimum atomic E-state index is -4.32. The molecule has 0 unspecified atom stereocenters. The molecule has 0 aliphatic heterocycles. The van der Waals surface area contributed by atoms with Gasteiger partial charge in [0, 0.05) is 10.7 Å². The normalized spacial score (nSPS) is 12.1. The minimum absolute atomic E-state index is 0.192. The molecule has 0 spiro atoms. The van der Waals surface area contributed by atoms with Gasteiger partial charge in [0.1, 0.15) is 0 Å². The van der Waals surface area contributed by atoms with Gasteiger partial charge in [0.05, 0.1) is 5.56 Å². The lowest BCUT2D eigenvalue weighted by molar-refractivity contribution is 0.145. The molecular formula is C6H5BrF2N2O3S. The quantitative estimate of drug-likeness (QED) is 0.856. The SMILES string of the molecule is NS(=O)(=O)c1ncc(Br)c(C(F)F)c1O. The third-order valence-corrected chi connectivity index (χ3v) is 2.97. The summed E-state index contributed by atoms with van der Waals surface area (Å²) in [5.74, 6) is -1.14. The number of hydrogen-bond donors (Lipinski definition) is 2. The lowest BCUT2D eigenvalue weighted by Crippen LogP contribution is -2.15. The fourth-order valence-electron chi connectivity index (χ4n) is 0.890. The summed E-state index contributed by atoms with van der Waals surface area (Å²) in [6.07, 6.45) is -2.20. The molecule has 0 bridgehead atoms. The first kappa shape index (κ1) is 12.3. The van der Waals surface area contributed by atoms with Crippen molar-refractivity contribution in [1.82, 2.24) is 4.98 Å². The first-order chi connectivity index (χ1) is 6.75. The highest BCUT2D eigenvalue weighted by atomic mass is 79.9. The zero-order valence-electron chi connectivity index (χ0n) is 6.99. The number of aromatic nitrogens is 1. The van der Waals surface area contributed by atoms with Gasteiger partial charge in [0.15, 0.2) is 5.75 Å². The third-order valence-electron chi connectivity index (χ3n) is 1.50. The Morgan fingerprint density at radius 1 is 1.53 bits per heavy atom. The first-order valence-electron chi connectivity index (χ1n) is 3.43. The summed E-state index contributed by atoms with van der Waals surface area (Å²) in [5, 5.41) is 12.9. The lowest BCUT2D eigenvalue weighted by Gasteiger charge is -2.08. The van der Waals surface area contributed by atoms with Gasteiger partial charge >= 0.3 is 0 Å². The zero-order valence-corrected chi connectivity index (χ0v) is 9.39. The van der Waals surface area contributed by atoms with Crippen LogP contribution in [-0.2, 0) is 10.0 Å². The van der Waals surface area contributed by atoms with E-state index in [4.69, 9.17) is 0 Å². The fourth-order valence-corrected chi connectivity index (χ4v) is 1.93. The average Bonchev–Trinajstić information content (AvgIpc) is 2.00. The molecule has 0 atom stereocenters. The van der Waals surface area contributed by atoms with Crippen molar-refractivity contribution >= 4 is 26.0 Å². The highest BCUT2D eigenvalue weighted by Crippen LogP contribution is 2.37. The van der Waals surface area contributed by atoms with E-state index in [2.05, 4.69) is 26.1 Å². The van der Waals surface area contributed by atoms with Gasteiger partial charge in [0.25, 0.3) is 16.4 Å². The van der Waals surface area contributed by atoms with E-state index in [1.807, 2.05) is 0 Å². The smallest absolute Gasteiger partial charge is 0.268 e. The molecule has 0 aromatic carbocycles. The Morgan fingerprint density at radius 3 is 2.47 bits per heavy atom. The average molecular weight is 303 g/mol. The van der Waals surface area contributed by atoms with E-state index < -0.39 is 32.8 Å². The highest BCUT2D eigenvalue weighted by Gasteiger charge is 2.25. The predicted molar refractivity (Wildman–Crippen MR) is 49.9 cm³/mol. The van der Waals surface area contributed by atoms with Crippen LogP contribution < -0.4 is 5.14 Å². The number of primary sulfonamides is 1. The van der Waals surface area contributed by atoms with Gasteiger partial charge in [-0.2, -0.15) is 0 Å². The maximum absolute atomic E-state index is 12.4. The third kappa shape index (κ3) is 2.41. The summed E-state index contributed by atoms with van der Waals surface area (Å²) < 4.78 is 46.3. The van der Waals surface area contributed by atoms with Crippen molar-refractivity contribution in [2.45, 2.75) is 11.5 Å². The van der Waals surface area contributed by atoms with Crippen LogP contribution in [0.1, 0.15) is 12.0 Å². The van der Waals surface area contributed by atoms with Crippen LogP contribution in [0, 0.1) is 0 Å². The second kappa shape index (κ2) is 3.99. The number of rotatable bonds is 2. The van der Waals surface area contributed by atoms with Crippen molar-refractivity contribution in [3.05, 3.63) is 16.2 Å². The van der Waals surface area contributed by atoms with Crippen LogP contribution in [0.15, 0.2) is 15.7 Å². The molecule has 0 saturated heterocycles. The number of alkyl halides is 2. The van der Waals surface area contributed by atoms with Gasteiger partial charge in [-0.1, -0.05) is 0 Å². The number of sulfonamides is 1. The van der Waals surface area contributed by atoms with Crippen molar-refractivity contribution in [2.75, 3.05) is 0 Å². The van der Waals surface area contributed by atoms with Crippen LogP contribution in [0.3, 0.4) is 0 Å². The van der Waals surface area contributed by atoms with E-state index in [0.717, 1.165) is 6.20 Å². The van der Waals surface area contributed by atoms with Gasteiger partial charge in [-0.05, 0) is 15.9 Å². The molecule has 5 nitrogen and oxygen atoms in total. The Bertz CT molecular complexity index is 491. The summed E-state index contributed by atoms with van der Waals surface area (Å²) in [5.41, 5.74) is -0.853. The number of nitrogens with two attached hydrogens (primary N) is 1. The molecule has 9 heteroatoms. The summed E-state index contributed by atoms with van der Waals surface area (Å²) in [7, 11) is -4.32. The Morgan fingerprint density at radius 2 is 2.07 bits per heavy atom. The second-order valence-corrected chi connectivity index (χ2v) is 4.85. The monoisotopic (exact) mass is 302 g/mol. The van der Waals surface area contributed by atoms with Crippen LogP contribution in [0.4, 0.5) is 8.78 Å². The van der Waals surface area contributed by atoms with E-state index in [-0.39, 0.29) is 4.47 Å². The van der Waals surface area contributed by atoms with Crippen molar-refractivity contribution in [1.29, 1.82) is 0 Å². The lowest BCUT2D eigenvalue weighted by atomic mass is 10.2. The Balaban J connectivity index is 3.56. The van der Waals surface area contributed by atoms with Crippen molar-refractivity contribution in [3.63, 3.8) is 0 Å². The molecule has 3 N–H and O–H groups in total. The molecule has 84 valence electrons. The minimum Gasteiger partial charge on any atom is -0.504 e. The molecule has 0 saturated carbocycles. The van der Waals surface area contributed by atoms with Crippen molar-refractivity contribution in [3.8, 4) is 5.75 Å². The number of aromatic hydroxyl groups is 1. The van der Waals surface area contributed by atoms with Gasteiger partial charge in [-0.15, -0.1) is 0 Å². The topological polar surface area (TPSA) is 93.3 Å². The highest BCUT2D eigenvalue weighted by molar-refractivity contribution is 9.10. The summed E-state index contributed by atoms with van der Waals surface area (Å²) in [6, 6.07) is 0. The molecule has 0 radical (unpaired) electrons. The van der Waals surface area contributed by atoms with E-state index >= 15 is 0 Å². The Kier molecular flexibility index (Phi) is 3.26. The summed E-state index contributed by atoms with van der Waals surface area (Å²) in [6.45, 7) is 0. The molecular weight excluding hydrogens is 298 g/mol. The van der Waals surface area contributed by atoms with Crippen LogP contribution >= 0.6 is 15.9 Å². The molecule has 1 rings (SSSR count). The first-order valence-corrected chi connectivity index (χ1v) is 5.77. The van der Waals surface area contributed by atoms with E-state index in [1.165, 1.54) is 0 Å². The number of nitrogens with zero attached hydrogens (tertiary/aromatic N) is 1. The molecule has 0 amide bonds. The molecule has 0 aliphatic carbocycles. The number of pyridine rings is 1. The van der Waals surface area contributed by atoms with E-state index in [1.54, 1.807) is 0 Å². The molecule has 0 fully saturated rings. The Labute approximate surface area is 92.1 Å². The number of halogens is 3. The van der Waals surface area contributed by atoms with Crippen LogP contribution in [-0.4, -0.2) is 18.5 Å². The van der Waals surface area contributed by atoms with E-state index in [9.17, 15) is 22.3 Å². The van der Waals surface area contributed by atoms with Crippen LogP contribution in [0.25, 0.3) is 0 Å². The second-order valence-electron chi connectivity index (χ2n) is 2.52. The van der Waals surface area contributed by atoms with Crippen LogP contribution in [0.5, 0.6) is 5.75 Å². The number of hydrogen-bond acceptors (Lipinski definition) is 4. The van der Waals surface area contributed by atoms with Crippen LogP contribution in [0.2, 0.25) is 0 Å². The Hall–Kier alpha value is -0.800. The summed E-state index contributed by atoms with van der Waals surface area (Å²) >= 11 is 2.71. The molecule has 1 aromatic rings. The zero-order chi connectivity index (χ0) is 11.8.